The molecule has 0 amide bonds. The Kier molecular flexibility index (Phi) is 26.3. The van der Waals surface area contributed by atoms with E-state index in [9.17, 15) is 14.4 Å². The summed E-state index contributed by atoms with van der Waals surface area (Å²) in [6.07, 6.45) is 0.594. The first-order chi connectivity index (χ1) is 15.2. The number of rotatable bonds is 7. The number of aliphatic hydroxyl groups excluding tert-OH is 3. The number of aliphatic hydroxyl groups is 3. The molecule has 0 fully saturated rings. The Morgan fingerprint density at radius 2 is 0.758 bits per heavy atom. The van der Waals surface area contributed by atoms with Crippen LogP contribution in [0.25, 0.3) is 0 Å². The Bertz CT molecular complexity index is 569. The lowest BCUT2D eigenvalue weighted by atomic mass is 9.88. The lowest BCUT2D eigenvalue weighted by molar-refractivity contribution is -0.133. The second kappa shape index (κ2) is 23.4. The fourth-order valence-corrected chi connectivity index (χ4v) is 0.870. The maximum absolute atomic E-state index is 9.60. The molecule has 9 heteroatoms. The van der Waals surface area contributed by atoms with Gasteiger partial charge in [0.15, 0.2) is 0 Å². The summed E-state index contributed by atoms with van der Waals surface area (Å²) in [6.45, 7) is 15.2. The normalized spacial score (nSPS) is 8.82. The van der Waals surface area contributed by atoms with Crippen LogP contribution in [0.1, 0.15) is 34.1 Å². The summed E-state index contributed by atoms with van der Waals surface area (Å²) < 4.78 is 0. The van der Waals surface area contributed by atoms with Gasteiger partial charge in [0.25, 0.3) is 0 Å². The summed E-state index contributed by atoms with van der Waals surface area (Å²) >= 11 is 0. The zero-order valence-corrected chi connectivity index (χ0v) is 19.8. The van der Waals surface area contributed by atoms with Crippen molar-refractivity contribution in [1.82, 2.24) is 0 Å². The average molecular weight is 471 g/mol. The predicted molar refractivity (Wildman–Crippen MR) is 128 cm³/mol. The third-order valence-electron chi connectivity index (χ3n) is 3.52. The Morgan fingerprint density at radius 3 is 0.788 bits per heavy atom. The highest BCUT2D eigenvalue weighted by Gasteiger charge is 2.24. The second-order valence-electron chi connectivity index (χ2n) is 6.74. The molecule has 0 unspecified atom stereocenters. The van der Waals surface area contributed by atoms with Crippen molar-refractivity contribution in [1.29, 1.82) is 0 Å². The van der Waals surface area contributed by atoms with E-state index in [1.165, 1.54) is 20.8 Å². The molecule has 1 aromatic carbocycles. The molecule has 9 nitrogen and oxygen atoms in total. The zero-order chi connectivity index (χ0) is 27.0. The minimum Gasteiger partial charge on any atom is -0.478 e. The first kappa shape index (κ1) is 37.1. The Hall–Kier alpha value is -3.27. The van der Waals surface area contributed by atoms with Gasteiger partial charge in [-0.3, -0.25) is 0 Å². The molecule has 0 spiro atoms. The number of hydrogen-bond donors (Lipinski definition) is 6. The van der Waals surface area contributed by atoms with E-state index in [1.807, 2.05) is 43.3 Å². The van der Waals surface area contributed by atoms with Crippen LogP contribution in [0.3, 0.4) is 0 Å². The van der Waals surface area contributed by atoms with Gasteiger partial charge in [0.2, 0.25) is 0 Å². The number of carbonyl (C=O) groups is 3. The van der Waals surface area contributed by atoms with Crippen LogP contribution in [-0.4, -0.2) is 68.4 Å². The fourth-order valence-electron chi connectivity index (χ4n) is 0.870. The van der Waals surface area contributed by atoms with Crippen LogP contribution < -0.4 is 0 Å². The molecule has 0 saturated carbocycles. The monoisotopic (exact) mass is 470 g/mol. The topological polar surface area (TPSA) is 173 Å². The molecule has 0 saturated heterocycles. The quantitative estimate of drug-likeness (QED) is 0.327. The number of carboxylic acid groups (broad SMARTS) is 3. The van der Waals surface area contributed by atoms with Gasteiger partial charge in [0.1, 0.15) is 0 Å². The number of carboxylic acids is 3. The molecular weight excluding hydrogens is 432 g/mol. The molecule has 1 rings (SSSR count). The van der Waals surface area contributed by atoms with Gasteiger partial charge in [0.05, 0.1) is 19.8 Å². The van der Waals surface area contributed by atoms with Crippen LogP contribution in [0.5, 0.6) is 0 Å². The molecular formula is C24H38O9. The minimum absolute atomic E-state index is 0.156. The van der Waals surface area contributed by atoms with Crippen LogP contribution in [0.15, 0.2) is 72.9 Å². The second-order valence-corrected chi connectivity index (χ2v) is 6.74. The smallest absolute Gasteiger partial charge is 0.330 e. The zero-order valence-electron chi connectivity index (χ0n) is 19.8. The highest BCUT2D eigenvalue weighted by Crippen LogP contribution is 2.18. The van der Waals surface area contributed by atoms with Crippen LogP contribution in [0, 0.1) is 5.41 Å². The maximum atomic E-state index is 9.60. The number of hydrogen-bond acceptors (Lipinski definition) is 6. The molecule has 33 heavy (non-hydrogen) atoms. The molecule has 0 aromatic heterocycles. The van der Waals surface area contributed by atoms with Gasteiger partial charge < -0.3 is 30.6 Å². The highest BCUT2D eigenvalue weighted by atomic mass is 16.4. The van der Waals surface area contributed by atoms with E-state index in [-0.39, 0.29) is 36.5 Å². The summed E-state index contributed by atoms with van der Waals surface area (Å²) in [7, 11) is 0. The Morgan fingerprint density at radius 1 is 0.606 bits per heavy atom. The van der Waals surface area contributed by atoms with Crippen molar-refractivity contribution >= 4 is 17.9 Å². The van der Waals surface area contributed by atoms with E-state index in [1.54, 1.807) is 0 Å². The van der Waals surface area contributed by atoms with Crippen molar-refractivity contribution < 1.29 is 45.0 Å². The largest absolute Gasteiger partial charge is 0.478 e. The van der Waals surface area contributed by atoms with Crippen molar-refractivity contribution in [2.75, 3.05) is 19.8 Å². The van der Waals surface area contributed by atoms with Gasteiger partial charge in [-0.05, 0) is 27.2 Å². The molecule has 0 aliphatic carbocycles. The summed E-state index contributed by atoms with van der Waals surface area (Å²) in [5.41, 5.74) is -0.139. The highest BCUT2D eigenvalue weighted by molar-refractivity contribution is 5.85. The Balaban J connectivity index is -0.000000161. The molecule has 6 N–H and O–H groups in total. The van der Waals surface area contributed by atoms with Gasteiger partial charge >= 0.3 is 17.9 Å². The molecule has 0 atom stereocenters. The van der Waals surface area contributed by atoms with E-state index in [2.05, 4.69) is 19.7 Å². The molecule has 188 valence electrons. The maximum Gasteiger partial charge on any atom is 0.330 e. The van der Waals surface area contributed by atoms with Crippen molar-refractivity contribution in [2.24, 2.45) is 5.41 Å². The lowest BCUT2D eigenvalue weighted by Gasteiger charge is -2.24. The van der Waals surface area contributed by atoms with Crippen molar-refractivity contribution in [3.63, 3.8) is 0 Å². The first-order valence-corrected chi connectivity index (χ1v) is 9.66. The standard InChI is InChI=1S/C6H14O3.C6H6.3C4H6O2/c1-2-6(3-7,4-8)5-9;1-2-4-6-5-3-1;3*1-3(2)4(5)6/h7-9H,2-5H2,1H3;1-6H;3*1H2,2H3,(H,5,6). The van der Waals surface area contributed by atoms with Crippen LogP contribution >= 0.6 is 0 Å². The van der Waals surface area contributed by atoms with E-state index < -0.39 is 23.3 Å². The number of aliphatic carboxylic acids is 3. The van der Waals surface area contributed by atoms with E-state index in [0.29, 0.717) is 6.42 Å². The fraction of sp³-hybridized carbons (Fsp3) is 0.375. The average Bonchev–Trinajstić information content (AvgIpc) is 2.78. The molecule has 0 radical (unpaired) electrons. The Labute approximate surface area is 195 Å². The molecule has 0 bridgehead atoms. The van der Waals surface area contributed by atoms with Crippen LogP contribution in [0.4, 0.5) is 0 Å². The van der Waals surface area contributed by atoms with Crippen molar-refractivity contribution in [2.45, 2.75) is 34.1 Å². The van der Waals surface area contributed by atoms with Crippen molar-refractivity contribution in [3.05, 3.63) is 72.9 Å². The van der Waals surface area contributed by atoms with Gasteiger partial charge in [-0.2, -0.15) is 0 Å². The SMILES string of the molecule is C=C(C)C(=O)O.C=C(C)C(=O)O.C=C(C)C(=O)O.CCC(CO)(CO)CO.c1ccccc1. The predicted octanol–water partition coefficient (Wildman–Crippen LogP) is 2.99. The summed E-state index contributed by atoms with van der Waals surface area (Å²) in [6, 6.07) is 12.0. The summed E-state index contributed by atoms with van der Waals surface area (Å²) in [4.78, 5) is 28.8. The van der Waals surface area contributed by atoms with Crippen LogP contribution in [-0.2, 0) is 14.4 Å². The third-order valence-corrected chi connectivity index (χ3v) is 3.52. The minimum atomic E-state index is -0.935. The van der Waals surface area contributed by atoms with Gasteiger partial charge in [0, 0.05) is 22.1 Å². The van der Waals surface area contributed by atoms with Crippen molar-refractivity contribution in [3.8, 4) is 0 Å². The molecule has 0 heterocycles. The van der Waals surface area contributed by atoms with Gasteiger partial charge in [-0.1, -0.05) is 63.1 Å². The van der Waals surface area contributed by atoms with E-state index >= 15 is 0 Å². The van der Waals surface area contributed by atoms with Gasteiger partial charge in [-0.25, -0.2) is 14.4 Å². The van der Waals surface area contributed by atoms with Gasteiger partial charge in [-0.15, -0.1) is 0 Å². The van der Waals surface area contributed by atoms with E-state index in [4.69, 9.17) is 30.6 Å². The molecule has 0 aliphatic heterocycles. The number of benzene rings is 1. The lowest BCUT2D eigenvalue weighted by Crippen LogP contribution is -2.32. The summed E-state index contributed by atoms with van der Waals surface area (Å²) in [5.74, 6) is -2.81. The molecule has 1 aromatic rings. The first-order valence-electron chi connectivity index (χ1n) is 9.66. The molecule has 0 aliphatic rings. The third kappa shape index (κ3) is 28.7. The van der Waals surface area contributed by atoms with E-state index in [0.717, 1.165) is 0 Å². The summed E-state index contributed by atoms with van der Waals surface area (Å²) in [5, 5.41) is 49.6. The van der Waals surface area contributed by atoms with Crippen LogP contribution in [0.2, 0.25) is 0 Å².